The number of nitrogens with one attached hydrogen (secondary N) is 2. The largest absolute Gasteiger partial charge is 0.318 e. The highest BCUT2D eigenvalue weighted by Gasteiger charge is 2.24. The second kappa shape index (κ2) is 8.59. The summed E-state index contributed by atoms with van der Waals surface area (Å²) in [6.45, 7) is 2.77. The van der Waals surface area contributed by atoms with Crippen LogP contribution >= 0.6 is 0 Å². The highest BCUT2D eigenvalue weighted by atomic mass is 19.2. The van der Waals surface area contributed by atoms with Gasteiger partial charge in [-0.15, -0.1) is 0 Å². The van der Waals surface area contributed by atoms with E-state index >= 15 is 0 Å². The monoisotopic (exact) mass is 398 g/mol. The Morgan fingerprint density at radius 2 is 1.83 bits per heavy atom. The first-order valence-corrected chi connectivity index (χ1v) is 10.3. The molecule has 0 aliphatic heterocycles. The number of fused-ring (bicyclic) bond motifs is 2. The smallest absolute Gasteiger partial charge is 0.159 e. The Morgan fingerprint density at radius 3 is 2.48 bits per heavy atom. The molecule has 1 aromatic heterocycles. The summed E-state index contributed by atoms with van der Waals surface area (Å²) < 4.78 is 27.5. The molecule has 0 fully saturated rings. The van der Waals surface area contributed by atoms with Crippen molar-refractivity contribution in [2.24, 2.45) is 0 Å². The topological polar surface area (TPSA) is 44.0 Å². The predicted octanol–water partition coefficient (Wildman–Crippen LogP) is 4.15. The SMILES string of the molecule is CNCCN(C)Cc1ccc2[nH]ncc2c1C1CCc2cc(F)c(F)cc2CC1. The molecule has 2 N–H and O–H groups in total. The van der Waals surface area contributed by atoms with Crippen molar-refractivity contribution >= 4 is 10.9 Å². The highest BCUT2D eigenvalue weighted by Crippen LogP contribution is 2.38. The van der Waals surface area contributed by atoms with E-state index in [1.54, 1.807) is 0 Å². The minimum absolute atomic E-state index is 0.336. The molecule has 0 saturated carbocycles. The molecule has 4 nitrogen and oxygen atoms in total. The van der Waals surface area contributed by atoms with Crippen LogP contribution in [0.1, 0.15) is 41.0 Å². The highest BCUT2D eigenvalue weighted by molar-refractivity contribution is 5.83. The molecule has 0 saturated heterocycles. The third-order valence-electron chi connectivity index (χ3n) is 6.11. The molecule has 3 aromatic rings. The van der Waals surface area contributed by atoms with Crippen molar-refractivity contribution in [3.8, 4) is 0 Å². The van der Waals surface area contributed by atoms with E-state index in [1.807, 2.05) is 13.2 Å². The number of rotatable bonds is 6. The normalized spacial score (nSPS) is 15.1. The van der Waals surface area contributed by atoms with Crippen LogP contribution in [-0.4, -0.2) is 42.3 Å². The minimum Gasteiger partial charge on any atom is -0.318 e. The molecular weight excluding hydrogens is 370 g/mol. The Hall–Kier alpha value is -2.31. The zero-order valence-corrected chi connectivity index (χ0v) is 17.1. The van der Waals surface area contributed by atoms with Gasteiger partial charge in [0.25, 0.3) is 0 Å². The molecule has 2 aromatic carbocycles. The second-order valence-electron chi connectivity index (χ2n) is 8.12. The number of hydrogen-bond acceptors (Lipinski definition) is 3. The van der Waals surface area contributed by atoms with E-state index in [0.29, 0.717) is 5.92 Å². The van der Waals surface area contributed by atoms with E-state index in [9.17, 15) is 8.78 Å². The summed E-state index contributed by atoms with van der Waals surface area (Å²) in [5.41, 5.74) is 5.57. The fourth-order valence-electron chi connectivity index (χ4n) is 4.56. The van der Waals surface area contributed by atoms with Crippen molar-refractivity contribution in [3.05, 3.63) is 64.4 Å². The molecule has 6 heteroatoms. The Balaban J connectivity index is 1.65. The Kier molecular flexibility index (Phi) is 5.92. The first-order chi connectivity index (χ1) is 14.1. The van der Waals surface area contributed by atoms with Crippen LogP contribution in [-0.2, 0) is 19.4 Å². The first kappa shape index (κ1) is 20.0. The maximum absolute atomic E-state index is 13.7. The van der Waals surface area contributed by atoms with Crippen molar-refractivity contribution in [1.29, 1.82) is 0 Å². The number of likely N-dealkylation sites (N-methyl/N-ethyl adjacent to an activating group) is 2. The van der Waals surface area contributed by atoms with Gasteiger partial charge in [-0.1, -0.05) is 6.07 Å². The quantitative estimate of drug-likeness (QED) is 0.613. The number of halogens is 2. The lowest BCUT2D eigenvalue weighted by Crippen LogP contribution is -2.27. The van der Waals surface area contributed by atoms with Gasteiger partial charge in [-0.3, -0.25) is 5.10 Å². The Morgan fingerprint density at radius 1 is 1.14 bits per heavy atom. The number of nitrogens with zero attached hydrogens (tertiary/aromatic N) is 2. The summed E-state index contributed by atoms with van der Waals surface area (Å²) in [5.74, 6) is -1.15. The number of H-pyrrole nitrogens is 1. The van der Waals surface area contributed by atoms with Gasteiger partial charge >= 0.3 is 0 Å². The average Bonchev–Trinajstić information content (AvgIpc) is 3.10. The summed E-state index contributed by atoms with van der Waals surface area (Å²) in [4.78, 5) is 2.32. The van der Waals surface area contributed by atoms with Crippen LogP contribution in [0.3, 0.4) is 0 Å². The fourth-order valence-corrected chi connectivity index (χ4v) is 4.56. The van der Waals surface area contributed by atoms with Gasteiger partial charge in [-0.25, -0.2) is 8.78 Å². The van der Waals surface area contributed by atoms with E-state index in [-0.39, 0.29) is 0 Å². The van der Waals surface area contributed by atoms with Gasteiger partial charge in [-0.05, 0) is 86.1 Å². The van der Waals surface area contributed by atoms with Gasteiger partial charge in [0.15, 0.2) is 11.6 Å². The van der Waals surface area contributed by atoms with Crippen LogP contribution in [0.5, 0.6) is 0 Å². The van der Waals surface area contributed by atoms with Crippen molar-refractivity contribution in [2.75, 3.05) is 27.2 Å². The van der Waals surface area contributed by atoms with Gasteiger partial charge in [0.1, 0.15) is 0 Å². The van der Waals surface area contributed by atoms with Crippen molar-refractivity contribution in [1.82, 2.24) is 20.4 Å². The van der Waals surface area contributed by atoms with Crippen LogP contribution in [0.15, 0.2) is 30.5 Å². The zero-order valence-electron chi connectivity index (χ0n) is 17.1. The average molecular weight is 399 g/mol. The fraction of sp³-hybridized carbons (Fsp3) is 0.435. The molecule has 4 rings (SSSR count). The van der Waals surface area contributed by atoms with Gasteiger partial charge in [0.2, 0.25) is 0 Å². The second-order valence-corrected chi connectivity index (χ2v) is 8.12. The lowest BCUT2D eigenvalue weighted by Gasteiger charge is -2.23. The zero-order chi connectivity index (χ0) is 20.4. The van der Waals surface area contributed by atoms with E-state index < -0.39 is 11.6 Å². The third-order valence-corrected chi connectivity index (χ3v) is 6.11. The van der Waals surface area contributed by atoms with Crippen LogP contribution in [0.25, 0.3) is 10.9 Å². The summed E-state index contributed by atoms with van der Waals surface area (Å²) in [6, 6.07) is 7.07. The van der Waals surface area contributed by atoms with Gasteiger partial charge < -0.3 is 10.2 Å². The predicted molar refractivity (Wildman–Crippen MR) is 112 cm³/mol. The van der Waals surface area contributed by atoms with Crippen molar-refractivity contribution < 1.29 is 8.78 Å². The lowest BCUT2D eigenvalue weighted by atomic mass is 9.85. The Bertz CT molecular complexity index is 965. The number of benzene rings is 2. The molecule has 0 radical (unpaired) electrons. The summed E-state index contributed by atoms with van der Waals surface area (Å²) in [6.07, 6.45) is 5.30. The number of aromatic amines is 1. The van der Waals surface area contributed by atoms with Crippen LogP contribution in [0.4, 0.5) is 8.78 Å². The van der Waals surface area contributed by atoms with Crippen LogP contribution in [0.2, 0.25) is 0 Å². The minimum atomic E-state index is -0.744. The molecule has 1 heterocycles. The molecule has 0 unspecified atom stereocenters. The molecule has 154 valence electrons. The first-order valence-electron chi connectivity index (χ1n) is 10.3. The molecule has 1 aliphatic carbocycles. The van der Waals surface area contributed by atoms with Crippen LogP contribution < -0.4 is 5.32 Å². The van der Waals surface area contributed by atoms with Gasteiger partial charge in [-0.2, -0.15) is 5.10 Å². The third kappa shape index (κ3) is 4.19. The molecule has 0 amide bonds. The lowest BCUT2D eigenvalue weighted by molar-refractivity contribution is 0.326. The van der Waals surface area contributed by atoms with Crippen molar-refractivity contribution in [2.45, 2.75) is 38.1 Å². The molecule has 0 atom stereocenters. The summed E-state index contributed by atoms with van der Waals surface area (Å²) >= 11 is 0. The number of hydrogen-bond donors (Lipinski definition) is 2. The van der Waals surface area contributed by atoms with E-state index in [4.69, 9.17) is 0 Å². The van der Waals surface area contributed by atoms with Gasteiger partial charge in [0, 0.05) is 25.0 Å². The number of aryl methyl sites for hydroxylation is 2. The van der Waals surface area contributed by atoms with E-state index in [1.165, 1.54) is 23.3 Å². The standard InChI is InChI=1S/C23H28F2N4/c1-26-9-10-29(2)14-18-7-8-22-19(13-27-28-22)23(18)15-3-5-16-11-20(24)21(25)12-17(16)6-4-15/h7-8,11-13,15,26H,3-6,9-10,14H2,1-2H3,(H,27,28). The van der Waals surface area contributed by atoms with Gasteiger partial charge in [0.05, 0.1) is 11.7 Å². The van der Waals surface area contributed by atoms with E-state index in [2.05, 4.69) is 39.6 Å². The van der Waals surface area contributed by atoms with Crippen LogP contribution in [0, 0.1) is 11.6 Å². The molecular formula is C23H28F2N4. The maximum Gasteiger partial charge on any atom is 0.159 e. The maximum atomic E-state index is 13.7. The van der Waals surface area contributed by atoms with Crippen molar-refractivity contribution in [3.63, 3.8) is 0 Å². The molecule has 1 aliphatic rings. The molecule has 29 heavy (non-hydrogen) atoms. The molecule has 0 spiro atoms. The summed E-state index contributed by atoms with van der Waals surface area (Å²) in [5, 5.41) is 11.7. The number of aromatic nitrogens is 2. The Labute approximate surface area is 170 Å². The summed E-state index contributed by atoms with van der Waals surface area (Å²) in [7, 11) is 4.10. The van der Waals surface area contributed by atoms with E-state index in [0.717, 1.165) is 67.3 Å². The molecule has 0 bridgehead atoms.